The van der Waals surface area contributed by atoms with Crippen LogP contribution in [0.2, 0.25) is 0 Å². The Morgan fingerprint density at radius 2 is 2.16 bits per heavy atom. The van der Waals surface area contributed by atoms with Gasteiger partial charge in [-0.1, -0.05) is 0 Å². The number of aliphatic hydroxyl groups excluding tert-OH is 1. The molecule has 0 atom stereocenters. The number of aromatic nitrogens is 3. The molecule has 1 aromatic carbocycles. The third-order valence-electron chi connectivity index (χ3n) is 4.53. The molecule has 3 N–H and O–H groups in total. The number of fused-ring (bicyclic) bond motifs is 1. The van der Waals surface area contributed by atoms with E-state index >= 15 is 0 Å². The molecule has 0 saturated carbocycles. The highest BCUT2D eigenvalue weighted by molar-refractivity contribution is 14.1. The van der Waals surface area contributed by atoms with Crippen molar-refractivity contribution in [2.75, 3.05) is 18.5 Å². The maximum Gasteiger partial charge on any atom is 0.282 e. The number of amides is 1. The van der Waals surface area contributed by atoms with Gasteiger partial charge >= 0.3 is 0 Å². The number of nitrogens with one attached hydrogen (secondary N) is 2. The van der Waals surface area contributed by atoms with Gasteiger partial charge in [-0.15, -0.1) is 0 Å². The van der Waals surface area contributed by atoms with Crippen molar-refractivity contribution in [1.29, 1.82) is 0 Å². The van der Waals surface area contributed by atoms with Gasteiger partial charge in [0.15, 0.2) is 0 Å². The first-order valence-electron chi connectivity index (χ1n) is 9.35. The molecule has 0 saturated heterocycles. The van der Waals surface area contributed by atoms with Crippen LogP contribution in [0.25, 0.3) is 5.52 Å². The van der Waals surface area contributed by atoms with Crippen LogP contribution in [0.4, 0.5) is 15.9 Å². The average Bonchev–Trinajstić information content (AvgIpc) is 3.41. The number of carbonyl (C=O) groups is 1. The SMILES string of the molecule is O=C(NOCCO)c1cc(Cn2occc2=O)c2cncn2c1Nc1ccc(I)cc1F. The Morgan fingerprint density at radius 1 is 1.31 bits per heavy atom. The molecule has 0 unspecified atom stereocenters. The van der Waals surface area contributed by atoms with E-state index < -0.39 is 11.7 Å². The van der Waals surface area contributed by atoms with E-state index in [-0.39, 0.29) is 42.4 Å². The lowest BCUT2D eigenvalue weighted by atomic mass is 10.1. The smallest absolute Gasteiger partial charge is 0.282 e. The molecule has 166 valence electrons. The van der Waals surface area contributed by atoms with E-state index in [9.17, 15) is 14.0 Å². The number of carbonyl (C=O) groups excluding carboxylic acids is 1. The van der Waals surface area contributed by atoms with E-state index in [1.165, 1.54) is 30.8 Å². The fourth-order valence-electron chi connectivity index (χ4n) is 3.09. The average molecular weight is 553 g/mol. The van der Waals surface area contributed by atoms with Gasteiger partial charge in [-0.2, -0.15) is 4.74 Å². The van der Waals surface area contributed by atoms with Gasteiger partial charge in [-0.3, -0.25) is 18.8 Å². The number of rotatable bonds is 8. The van der Waals surface area contributed by atoms with Crippen LogP contribution >= 0.6 is 22.6 Å². The molecule has 3 heterocycles. The maximum absolute atomic E-state index is 14.5. The lowest BCUT2D eigenvalue weighted by molar-refractivity contribution is 0.0168. The minimum atomic E-state index is -0.643. The van der Waals surface area contributed by atoms with Crippen molar-refractivity contribution in [3.63, 3.8) is 0 Å². The topological polar surface area (TPSA) is 123 Å². The summed E-state index contributed by atoms with van der Waals surface area (Å²) in [6, 6.07) is 7.45. The second-order valence-electron chi connectivity index (χ2n) is 6.62. The van der Waals surface area contributed by atoms with Crippen molar-refractivity contribution in [2.24, 2.45) is 0 Å². The van der Waals surface area contributed by atoms with Crippen LogP contribution < -0.4 is 16.4 Å². The first kappa shape index (κ1) is 22.0. The zero-order valence-corrected chi connectivity index (χ0v) is 18.6. The Bertz CT molecular complexity index is 1330. The van der Waals surface area contributed by atoms with Crippen molar-refractivity contribution in [2.45, 2.75) is 6.54 Å². The number of hydroxylamine groups is 1. The van der Waals surface area contributed by atoms with Crippen LogP contribution in [0.5, 0.6) is 0 Å². The van der Waals surface area contributed by atoms with Crippen molar-refractivity contribution in [3.05, 3.63) is 80.0 Å². The summed E-state index contributed by atoms with van der Waals surface area (Å²) in [7, 11) is 0. The highest BCUT2D eigenvalue weighted by atomic mass is 127. The second kappa shape index (κ2) is 9.50. The number of halogens is 2. The summed E-state index contributed by atoms with van der Waals surface area (Å²) < 4.78 is 23.1. The second-order valence-corrected chi connectivity index (χ2v) is 7.86. The Balaban J connectivity index is 1.83. The van der Waals surface area contributed by atoms with Crippen molar-refractivity contribution < 1.29 is 23.7 Å². The van der Waals surface area contributed by atoms with Crippen LogP contribution in [-0.4, -0.2) is 38.4 Å². The van der Waals surface area contributed by atoms with Gasteiger partial charge in [0, 0.05) is 15.2 Å². The quantitative estimate of drug-likeness (QED) is 0.174. The van der Waals surface area contributed by atoms with Crippen molar-refractivity contribution in [3.8, 4) is 0 Å². The number of anilines is 2. The van der Waals surface area contributed by atoms with Gasteiger partial charge in [-0.05, 0) is 46.9 Å². The van der Waals surface area contributed by atoms with E-state index in [2.05, 4.69) is 15.8 Å². The summed E-state index contributed by atoms with van der Waals surface area (Å²) in [5.74, 6) is -0.909. The number of imidazole rings is 1. The molecule has 4 aromatic rings. The Labute approximate surface area is 193 Å². The third-order valence-corrected chi connectivity index (χ3v) is 5.20. The molecule has 0 radical (unpaired) electrons. The predicted molar refractivity (Wildman–Crippen MR) is 120 cm³/mol. The highest BCUT2D eigenvalue weighted by Crippen LogP contribution is 2.28. The highest BCUT2D eigenvalue weighted by Gasteiger charge is 2.20. The van der Waals surface area contributed by atoms with Crippen LogP contribution in [0, 0.1) is 9.39 Å². The summed E-state index contributed by atoms with van der Waals surface area (Å²) >= 11 is 2.00. The van der Waals surface area contributed by atoms with E-state index in [0.717, 1.165) is 4.74 Å². The minimum absolute atomic E-state index is 0.0387. The van der Waals surface area contributed by atoms with Gasteiger partial charge in [0.1, 0.15) is 24.2 Å². The zero-order chi connectivity index (χ0) is 22.7. The molecular weight excluding hydrogens is 536 g/mol. The number of nitrogens with zero attached hydrogens (tertiary/aromatic N) is 3. The molecule has 0 aliphatic heterocycles. The van der Waals surface area contributed by atoms with Crippen LogP contribution in [0.3, 0.4) is 0 Å². The van der Waals surface area contributed by atoms with E-state index in [1.54, 1.807) is 22.7 Å². The number of aliphatic hydroxyl groups is 1. The molecule has 4 rings (SSSR count). The number of hydrogen-bond donors (Lipinski definition) is 3. The standard InChI is InChI=1S/C20H17FIN5O5/c21-15-8-13(22)1-2-16(15)24-19-14(20(30)25-31-6-4-28)7-12(17-9-23-11-26(17)19)10-27-18(29)3-5-32-27/h1-3,5,7-9,11,24,28H,4,6,10H2,(H,25,30). The summed E-state index contributed by atoms with van der Waals surface area (Å²) in [5, 5.41) is 11.8. The first-order valence-corrected chi connectivity index (χ1v) is 10.4. The van der Waals surface area contributed by atoms with Crippen LogP contribution in [-0.2, 0) is 11.4 Å². The molecule has 3 aromatic heterocycles. The predicted octanol–water partition coefficient (Wildman–Crippen LogP) is 2.28. The van der Waals surface area contributed by atoms with Gasteiger partial charge in [-0.25, -0.2) is 14.9 Å². The summed E-state index contributed by atoms with van der Waals surface area (Å²) in [4.78, 5) is 33.9. The largest absolute Gasteiger partial charge is 0.394 e. The lowest BCUT2D eigenvalue weighted by Crippen LogP contribution is -2.27. The molecule has 0 aliphatic rings. The molecule has 12 heteroatoms. The normalized spacial score (nSPS) is 11.1. The molecule has 0 aliphatic carbocycles. The van der Waals surface area contributed by atoms with Crippen molar-refractivity contribution in [1.82, 2.24) is 19.6 Å². The molecule has 0 bridgehead atoms. The molecule has 32 heavy (non-hydrogen) atoms. The van der Waals surface area contributed by atoms with E-state index in [4.69, 9.17) is 14.5 Å². The summed E-state index contributed by atoms with van der Waals surface area (Å²) in [6.45, 7) is -0.355. The molecular formula is C20H17FIN5O5. The number of pyridine rings is 1. The monoisotopic (exact) mass is 553 g/mol. The van der Waals surface area contributed by atoms with Gasteiger partial charge in [0.25, 0.3) is 11.5 Å². The summed E-state index contributed by atoms with van der Waals surface area (Å²) in [6.07, 6.45) is 4.28. The fourth-order valence-corrected chi connectivity index (χ4v) is 3.54. The van der Waals surface area contributed by atoms with Gasteiger partial charge in [0.2, 0.25) is 0 Å². The Kier molecular flexibility index (Phi) is 6.53. The summed E-state index contributed by atoms with van der Waals surface area (Å²) in [5.41, 5.74) is 3.29. The Hall–Kier alpha value is -3.23. The molecule has 10 nitrogen and oxygen atoms in total. The zero-order valence-electron chi connectivity index (χ0n) is 16.4. The van der Waals surface area contributed by atoms with E-state index in [1.807, 2.05) is 22.6 Å². The fraction of sp³-hybridized carbons (Fsp3) is 0.150. The molecule has 0 spiro atoms. The lowest BCUT2D eigenvalue weighted by Gasteiger charge is -2.17. The van der Waals surface area contributed by atoms with E-state index in [0.29, 0.717) is 14.7 Å². The van der Waals surface area contributed by atoms with Gasteiger partial charge < -0.3 is 14.9 Å². The minimum Gasteiger partial charge on any atom is -0.394 e. The molecule has 1 amide bonds. The first-order chi connectivity index (χ1) is 15.5. The van der Waals surface area contributed by atoms with Crippen LogP contribution in [0.1, 0.15) is 15.9 Å². The molecule has 0 fully saturated rings. The van der Waals surface area contributed by atoms with Crippen LogP contribution in [0.15, 0.2) is 58.4 Å². The van der Waals surface area contributed by atoms with Crippen molar-refractivity contribution >= 4 is 45.5 Å². The third kappa shape index (κ3) is 4.51. The number of benzene rings is 1. The maximum atomic E-state index is 14.5. The van der Waals surface area contributed by atoms with Gasteiger partial charge in [0.05, 0.1) is 42.7 Å². The Morgan fingerprint density at radius 3 is 2.88 bits per heavy atom. The number of hydrogen-bond acceptors (Lipinski definition) is 7.